The molecule has 2 heterocycles. The minimum atomic E-state index is -0.0551. The van der Waals surface area contributed by atoms with Crippen molar-refractivity contribution in [1.29, 1.82) is 0 Å². The molecular weight excluding hydrogens is 352 g/mol. The lowest BCUT2D eigenvalue weighted by molar-refractivity contribution is -0.135. The Morgan fingerprint density at radius 2 is 2.07 bits per heavy atom. The van der Waals surface area contributed by atoms with Crippen LogP contribution in [0.2, 0.25) is 0 Å². The highest BCUT2D eigenvalue weighted by Crippen LogP contribution is 2.18. The molecule has 1 unspecified atom stereocenters. The van der Waals surface area contributed by atoms with Gasteiger partial charge in [0.05, 0.1) is 0 Å². The van der Waals surface area contributed by atoms with E-state index in [4.69, 9.17) is 0 Å². The van der Waals surface area contributed by atoms with E-state index in [1.807, 2.05) is 30.9 Å². The van der Waals surface area contributed by atoms with Gasteiger partial charge in [0.15, 0.2) is 0 Å². The zero-order valence-electron chi connectivity index (χ0n) is 17.3. The van der Waals surface area contributed by atoms with E-state index in [9.17, 15) is 9.59 Å². The van der Waals surface area contributed by atoms with E-state index in [0.717, 1.165) is 38.0 Å². The van der Waals surface area contributed by atoms with Gasteiger partial charge in [-0.1, -0.05) is 12.2 Å². The minimum Gasteiger partial charge on any atom is -0.356 e. The first-order valence-electron chi connectivity index (χ1n) is 10.3. The summed E-state index contributed by atoms with van der Waals surface area (Å²) >= 11 is 0. The van der Waals surface area contributed by atoms with Crippen LogP contribution >= 0.6 is 0 Å². The van der Waals surface area contributed by atoms with Crippen LogP contribution < -0.4 is 5.32 Å². The van der Waals surface area contributed by atoms with Crippen molar-refractivity contribution in [3.05, 3.63) is 42.2 Å². The summed E-state index contributed by atoms with van der Waals surface area (Å²) in [7, 11) is 0. The smallest absolute Gasteiger partial charge is 0.226 e. The van der Waals surface area contributed by atoms with Gasteiger partial charge in [0.2, 0.25) is 11.8 Å². The lowest BCUT2D eigenvalue weighted by Gasteiger charge is -2.27. The molecule has 1 aromatic heterocycles. The Hall–Kier alpha value is -2.21. The van der Waals surface area contributed by atoms with Gasteiger partial charge in [-0.15, -0.1) is 0 Å². The molecule has 1 aliphatic heterocycles. The van der Waals surface area contributed by atoms with Gasteiger partial charge in [0.25, 0.3) is 0 Å². The standard InChI is InChI=1S/C22H34N4O2/c1-4-26(16-18(2)3)22(28)20-6-5-14-25(15-10-21(27)24-13-9-20)17-19-7-11-23-12-8-19/h7-8,11-12,20H,2,4-6,9-10,13-17H2,1,3H3,(H,24,27). The second-order valence-corrected chi connectivity index (χ2v) is 7.67. The molecule has 0 spiro atoms. The number of carbonyl (C=O) groups excluding carboxylic acids is 2. The summed E-state index contributed by atoms with van der Waals surface area (Å²) in [5.41, 5.74) is 2.18. The molecule has 0 aliphatic carbocycles. The van der Waals surface area contributed by atoms with Gasteiger partial charge in [0.1, 0.15) is 0 Å². The number of pyridine rings is 1. The summed E-state index contributed by atoms with van der Waals surface area (Å²) in [5.74, 6) is 0.183. The van der Waals surface area contributed by atoms with E-state index in [0.29, 0.717) is 32.5 Å². The predicted octanol–water partition coefficient (Wildman–Crippen LogP) is 2.61. The first kappa shape index (κ1) is 22.1. The van der Waals surface area contributed by atoms with Gasteiger partial charge >= 0.3 is 0 Å². The fraction of sp³-hybridized carbons (Fsp3) is 0.591. The van der Waals surface area contributed by atoms with Crippen LogP contribution in [0.4, 0.5) is 0 Å². The van der Waals surface area contributed by atoms with Gasteiger partial charge in [-0.05, 0) is 57.4 Å². The summed E-state index contributed by atoms with van der Waals surface area (Å²) in [6.07, 6.45) is 6.56. The quantitative estimate of drug-likeness (QED) is 0.764. The van der Waals surface area contributed by atoms with Crippen LogP contribution in [0.25, 0.3) is 0 Å². The molecule has 1 atom stereocenters. The lowest BCUT2D eigenvalue weighted by atomic mass is 9.97. The van der Waals surface area contributed by atoms with Crippen molar-refractivity contribution in [2.24, 2.45) is 5.92 Å². The third-order valence-electron chi connectivity index (χ3n) is 5.16. The van der Waals surface area contributed by atoms with Crippen molar-refractivity contribution in [1.82, 2.24) is 20.1 Å². The molecule has 0 bridgehead atoms. The summed E-state index contributed by atoms with van der Waals surface area (Å²) in [4.78, 5) is 33.4. The Morgan fingerprint density at radius 3 is 2.75 bits per heavy atom. The molecule has 6 nitrogen and oxygen atoms in total. The number of nitrogens with zero attached hydrogens (tertiary/aromatic N) is 3. The van der Waals surface area contributed by atoms with Crippen molar-refractivity contribution in [2.45, 2.75) is 46.1 Å². The highest BCUT2D eigenvalue weighted by atomic mass is 16.2. The van der Waals surface area contributed by atoms with Gasteiger partial charge < -0.3 is 10.2 Å². The summed E-state index contributed by atoms with van der Waals surface area (Å²) in [6.45, 7) is 12.1. The normalized spacial score (nSPS) is 19.4. The average molecular weight is 387 g/mol. The fourth-order valence-electron chi connectivity index (χ4n) is 3.63. The third kappa shape index (κ3) is 7.43. The molecule has 6 heteroatoms. The van der Waals surface area contributed by atoms with E-state index in [1.165, 1.54) is 5.56 Å². The van der Waals surface area contributed by atoms with E-state index in [1.54, 1.807) is 12.4 Å². The molecule has 1 aliphatic rings. The van der Waals surface area contributed by atoms with E-state index in [-0.39, 0.29) is 17.7 Å². The van der Waals surface area contributed by atoms with Crippen LogP contribution in [0.15, 0.2) is 36.7 Å². The van der Waals surface area contributed by atoms with Gasteiger partial charge in [-0.3, -0.25) is 19.5 Å². The average Bonchev–Trinajstić information content (AvgIpc) is 2.72. The van der Waals surface area contributed by atoms with Gasteiger partial charge in [-0.25, -0.2) is 0 Å². The molecule has 154 valence electrons. The number of amides is 2. The Labute approximate surface area is 169 Å². The molecule has 1 N–H and O–H groups in total. The Morgan fingerprint density at radius 1 is 1.32 bits per heavy atom. The van der Waals surface area contributed by atoms with Crippen LogP contribution in [0.3, 0.4) is 0 Å². The number of hydrogen-bond acceptors (Lipinski definition) is 4. The molecule has 1 saturated heterocycles. The van der Waals surface area contributed by atoms with E-state index in [2.05, 4.69) is 21.8 Å². The predicted molar refractivity (Wildman–Crippen MR) is 112 cm³/mol. The van der Waals surface area contributed by atoms with E-state index >= 15 is 0 Å². The molecule has 2 amide bonds. The van der Waals surface area contributed by atoms with Crippen molar-refractivity contribution in [3.63, 3.8) is 0 Å². The second kappa shape index (κ2) is 11.6. The molecule has 1 fully saturated rings. The van der Waals surface area contributed by atoms with Crippen LogP contribution in [0, 0.1) is 5.92 Å². The maximum atomic E-state index is 13.0. The van der Waals surface area contributed by atoms with Crippen LogP contribution in [0.1, 0.15) is 45.1 Å². The highest BCUT2D eigenvalue weighted by molar-refractivity contribution is 5.79. The molecule has 2 rings (SSSR count). The number of hydrogen-bond donors (Lipinski definition) is 1. The molecule has 0 radical (unpaired) electrons. The molecule has 28 heavy (non-hydrogen) atoms. The van der Waals surface area contributed by atoms with Crippen LogP contribution in [0.5, 0.6) is 0 Å². The van der Waals surface area contributed by atoms with Crippen LogP contribution in [-0.4, -0.2) is 59.3 Å². The Bertz CT molecular complexity index is 647. The topological polar surface area (TPSA) is 65.5 Å². The fourth-order valence-corrected chi connectivity index (χ4v) is 3.63. The Kier molecular flexibility index (Phi) is 9.14. The number of carbonyl (C=O) groups is 2. The largest absolute Gasteiger partial charge is 0.356 e. The molecule has 0 saturated carbocycles. The van der Waals surface area contributed by atoms with Gasteiger partial charge in [-0.2, -0.15) is 0 Å². The molecule has 1 aromatic rings. The highest BCUT2D eigenvalue weighted by Gasteiger charge is 2.24. The molecule has 0 aromatic carbocycles. The summed E-state index contributed by atoms with van der Waals surface area (Å²) in [5, 5.41) is 2.98. The van der Waals surface area contributed by atoms with Crippen molar-refractivity contribution >= 4 is 11.8 Å². The van der Waals surface area contributed by atoms with Crippen molar-refractivity contribution in [3.8, 4) is 0 Å². The maximum Gasteiger partial charge on any atom is 0.226 e. The van der Waals surface area contributed by atoms with Crippen LogP contribution in [-0.2, 0) is 16.1 Å². The minimum absolute atomic E-state index is 0.0551. The third-order valence-corrected chi connectivity index (χ3v) is 5.16. The van der Waals surface area contributed by atoms with Crippen molar-refractivity contribution in [2.75, 3.05) is 32.7 Å². The number of likely N-dealkylation sites (N-methyl/N-ethyl adjacent to an activating group) is 1. The zero-order valence-corrected chi connectivity index (χ0v) is 17.3. The molecular formula is C22H34N4O2. The first-order valence-corrected chi connectivity index (χ1v) is 10.3. The first-order chi connectivity index (χ1) is 13.5. The Balaban J connectivity index is 2.02. The van der Waals surface area contributed by atoms with Gasteiger partial charge in [0, 0.05) is 57.5 Å². The zero-order chi connectivity index (χ0) is 20.4. The number of nitrogens with one attached hydrogen (secondary N) is 1. The van der Waals surface area contributed by atoms with E-state index < -0.39 is 0 Å². The SMILES string of the molecule is C=C(C)CN(CC)C(=O)C1CCCN(Cc2ccncc2)CCC(=O)NCC1. The monoisotopic (exact) mass is 386 g/mol. The number of aromatic nitrogens is 1. The summed E-state index contributed by atoms with van der Waals surface area (Å²) in [6, 6.07) is 4.02. The maximum absolute atomic E-state index is 13.0. The summed E-state index contributed by atoms with van der Waals surface area (Å²) < 4.78 is 0. The number of rotatable bonds is 6. The second-order valence-electron chi connectivity index (χ2n) is 7.67. The lowest BCUT2D eigenvalue weighted by Crippen LogP contribution is -2.38. The van der Waals surface area contributed by atoms with Crippen molar-refractivity contribution < 1.29 is 9.59 Å².